The lowest BCUT2D eigenvalue weighted by atomic mass is 10.2. The van der Waals surface area contributed by atoms with Crippen LogP contribution in [0.1, 0.15) is 18.1 Å². The van der Waals surface area contributed by atoms with Gasteiger partial charge in [0, 0.05) is 5.69 Å². The first-order valence-electron chi connectivity index (χ1n) is 8.43. The molecule has 0 unspecified atom stereocenters. The highest BCUT2D eigenvalue weighted by atomic mass is 32.2. The van der Waals surface area contributed by atoms with E-state index in [1.165, 1.54) is 11.8 Å². The summed E-state index contributed by atoms with van der Waals surface area (Å²) in [6, 6.07) is 14.4. The van der Waals surface area contributed by atoms with Crippen molar-refractivity contribution in [2.75, 3.05) is 12.4 Å². The molecular formula is C19H18N6O2S. The van der Waals surface area contributed by atoms with E-state index in [1.807, 2.05) is 31.2 Å². The van der Waals surface area contributed by atoms with Gasteiger partial charge in [0.25, 0.3) is 0 Å². The number of anilines is 1. The molecule has 3 aromatic rings. The summed E-state index contributed by atoms with van der Waals surface area (Å²) in [6.07, 6.45) is 0. The third-order valence-electron chi connectivity index (χ3n) is 3.94. The molecule has 3 rings (SSSR count). The number of amides is 1. The number of tetrazole rings is 1. The number of nitrogens with one attached hydrogen (secondary N) is 1. The van der Waals surface area contributed by atoms with Crippen molar-refractivity contribution >= 4 is 23.4 Å². The van der Waals surface area contributed by atoms with E-state index < -0.39 is 5.25 Å². The highest BCUT2D eigenvalue weighted by Gasteiger charge is 2.21. The van der Waals surface area contributed by atoms with Gasteiger partial charge in [-0.3, -0.25) is 4.79 Å². The first kappa shape index (κ1) is 19.4. The van der Waals surface area contributed by atoms with Gasteiger partial charge in [-0.1, -0.05) is 17.8 Å². The van der Waals surface area contributed by atoms with Crippen molar-refractivity contribution < 1.29 is 9.53 Å². The minimum Gasteiger partial charge on any atom is -0.494 e. The maximum Gasteiger partial charge on any atom is 0.237 e. The first-order valence-corrected chi connectivity index (χ1v) is 9.31. The Bertz CT molecular complexity index is 1030. The van der Waals surface area contributed by atoms with Gasteiger partial charge < -0.3 is 10.1 Å². The molecule has 0 radical (unpaired) electrons. The summed E-state index contributed by atoms with van der Waals surface area (Å²) in [5.41, 5.74) is 2.90. The summed E-state index contributed by atoms with van der Waals surface area (Å²) in [5, 5.41) is 23.5. The Morgan fingerprint density at radius 2 is 2.04 bits per heavy atom. The molecule has 0 bridgehead atoms. The van der Waals surface area contributed by atoms with Crippen LogP contribution in [0.25, 0.3) is 5.69 Å². The van der Waals surface area contributed by atoms with Gasteiger partial charge in [0.1, 0.15) is 11.4 Å². The van der Waals surface area contributed by atoms with Crippen molar-refractivity contribution in [1.82, 2.24) is 20.2 Å². The molecule has 8 nitrogen and oxygen atoms in total. The van der Waals surface area contributed by atoms with E-state index in [4.69, 9.17) is 10.00 Å². The third-order valence-corrected chi connectivity index (χ3v) is 4.97. The Kier molecular flexibility index (Phi) is 5.91. The fourth-order valence-electron chi connectivity index (χ4n) is 2.45. The average molecular weight is 394 g/mol. The van der Waals surface area contributed by atoms with Crippen LogP contribution in [0.3, 0.4) is 0 Å². The van der Waals surface area contributed by atoms with Gasteiger partial charge in [0.05, 0.1) is 24.0 Å². The summed E-state index contributed by atoms with van der Waals surface area (Å²) < 4.78 is 6.96. The van der Waals surface area contributed by atoms with E-state index in [0.717, 1.165) is 5.56 Å². The maximum atomic E-state index is 12.5. The minimum absolute atomic E-state index is 0.194. The molecule has 28 heavy (non-hydrogen) atoms. The van der Waals surface area contributed by atoms with E-state index >= 15 is 0 Å². The van der Waals surface area contributed by atoms with Crippen LogP contribution in [0.5, 0.6) is 5.75 Å². The van der Waals surface area contributed by atoms with Crippen LogP contribution in [0, 0.1) is 18.3 Å². The number of ether oxygens (including phenoxy) is 1. The van der Waals surface area contributed by atoms with Crippen molar-refractivity contribution in [3.05, 3.63) is 53.6 Å². The van der Waals surface area contributed by atoms with Gasteiger partial charge in [-0.25, -0.2) is 0 Å². The number of thioether (sulfide) groups is 1. The largest absolute Gasteiger partial charge is 0.494 e. The number of aromatic nitrogens is 4. The van der Waals surface area contributed by atoms with Gasteiger partial charge in [-0.05, 0) is 66.2 Å². The van der Waals surface area contributed by atoms with Crippen LogP contribution >= 0.6 is 11.8 Å². The van der Waals surface area contributed by atoms with Crippen molar-refractivity contribution in [1.29, 1.82) is 5.26 Å². The lowest BCUT2D eigenvalue weighted by Gasteiger charge is -2.13. The molecule has 0 saturated carbocycles. The highest BCUT2D eigenvalue weighted by molar-refractivity contribution is 8.00. The molecule has 1 aromatic heterocycles. The second-order valence-corrected chi connectivity index (χ2v) is 7.30. The molecule has 0 aliphatic rings. The summed E-state index contributed by atoms with van der Waals surface area (Å²) in [6.45, 7) is 3.74. The molecule has 0 aliphatic carbocycles. The van der Waals surface area contributed by atoms with Crippen molar-refractivity contribution in [2.24, 2.45) is 0 Å². The average Bonchev–Trinajstić information content (AvgIpc) is 3.16. The zero-order valence-corrected chi connectivity index (χ0v) is 16.4. The lowest BCUT2D eigenvalue weighted by Crippen LogP contribution is -2.23. The molecule has 142 valence electrons. The predicted octanol–water partition coefficient (Wildman–Crippen LogP) is 2.97. The second kappa shape index (κ2) is 8.54. The third kappa shape index (κ3) is 4.29. The first-order chi connectivity index (χ1) is 13.5. The monoisotopic (exact) mass is 394 g/mol. The molecule has 0 saturated heterocycles. The number of hydrogen-bond acceptors (Lipinski definition) is 7. The number of carbonyl (C=O) groups excluding carboxylic acids is 1. The van der Waals surface area contributed by atoms with Crippen LogP contribution in [-0.2, 0) is 4.79 Å². The Morgan fingerprint density at radius 1 is 1.29 bits per heavy atom. The van der Waals surface area contributed by atoms with E-state index in [9.17, 15) is 4.79 Å². The van der Waals surface area contributed by atoms with E-state index in [0.29, 0.717) is 27.8 Å². The van der Waals surface area contributed by atoms with Crippen LogP contribution in [0.4, 0.5) is 5.69 Å². The van der Waals surface area contributed by atoms with Gasteiger partial charge in [0.2, 0.25) is 11.1 Å². The van der Waals surface area contributed by atoms with Crippen molar-refractivity contribution in [3.63, 3.8) is 0 Å². The van der Waals surface area contributed by atoms with E-state index in [-0.39, 0.29) is 5.91 Å². The standard InChI is InChI=1S/C19H18N6O2S/c1-12-4-9-17(27-3)16(10-12)25-19(22-23-24-25)28-13(2)18(26)21-15-7-5-14(11-20)6-8-15/h4-10,13H,1-3H3,(H,21,26)/t13-/m1/s1. The molecular weight excluding hydrogens is 376 g/mol. The van der Waals surface area contributed by atoms with Crippen LogP contribution < -0.4 is 10.1 Å². The topological polar surface area (TPSA) is 106 Å². The SMILES string of the molecule is COc1ccc(C)cc1-n1nnnc1S[C@H](C)C(=O)Nc1ccc(C#N)cc1. The molecule has 0 spiro atoms. The zero-order chi connectivity index (χ0) is 20.1. The minimum atomic E-state index is -0.448. The quantitative estimate of drug-likeness (QED) is 0.641. The zero-order valence-electron chi connectivity index (χ0n) is 15.6. The molecule has 1 amide bonds. The number of nitrogens with zero attached hydrogens (tertiary/aromatic N) is 5. The van der Waals surface area contributed by atoms with Gasteiger partial charge in [0.15, 0.2) is 0 Å². The molecule has 2 aromatic carbocycles. The number of carbonyl (C=O) groups is 1. The number of rotatable bonds is 6. The van der Waals surface area contributed by atoms with Gasteiger partial charge >= 0.3 is 0 Å². The predicted molar refractivity (Wildman–Crippen MR) is 106 cm³/mol. The summed E-state index contributed by atoms with van der Waals surface area (Å²) in [7, 11) is 1.58. The number of hydrogen-bond donors (Lipinski definition) is 1. The second-order valence-electron chi connectivity index (χ2n) is 5.99. The molecule has 9 heteroatoms. The molecule has 0 fully saturated rings. The van der Waals surface area contributed by atoms with Crippen molar-refractivity contribution in [2.45, 2.75) is 24.3 Å². The van der Waals surface area contributed by atoms with Crippen LogP contribution in [-0.4, -0.2) is 38.5 Å². The fraction of sp³-hybridized carbons (Fsp3) is 0.211. The van der Waals surface area contributed by atoms with Gasteiger partial charge in [-0.2, -0.15) is 9.94 Å². The number of methoxy groups -OCH3 is 1. The summed E-state index contributed by atoms with van der Waals surface area (Å²) >= 11 is 1.24. The van der Waals surface area contributed by atoms with Crippen molar-refractivity contribution in [3.8, 4) is 17.5 Å². The highest BCUT2D eigenvalue weighted by Crippen LogP contribution is 2.29. The lowest BCUT2D eigenvalue weighted by molar-refractivity contribution is -0.115. The molecule has 1 heterocycles. The van der Waals surface area contributed by atoms with Crippen LogP contribution in [0.15, 0.2) is 47.6 Å². The number of aryl methyl sites for hydroxylation is 1. The Hall–Kier alpha value is -3.38. The molecule has 1 N–H and O–H groups in total. The Balaban J connectivity index is 1.76. The maximum absolute atomic E-state index is 12.5. The molecule has 1 atom stereocenters. The summed E-state index contributed by atoms with van der Waals surface area (Å²) in [4.78, 5) is 12.5. The van der Waals surface area contributed by atoms with Crippen LogP contribution in [0.2, 0.25) is 0 Å². The van der Waals surface area contributed by atoms with E-state index in [1.54, 1.807) is 43.0 Å². The Labute approximate surface area is 166 Å². The Morgan fingerprint density at radius 3 is 2.71 bits per heavy atom. The summed E-state index contributed by atoms with van der Waals surface area (Å²) in [5.74, 6) is 0.440. The fourth-order valence-corrected chi connectivity index (χ4v) is 3.25. The van der Waals surface area contributed by atoms with E-state index in [2.05, 4.69) is 20.8 Å². The molecule has 0 aliphatic heterocycles. The number of nitriles is 1. The normalized spacial score (nSPS) is 11.5. The van der Waals surface area contributed by atoms with Gasteiger partial charge in [-0.15, -0.1) is 5.10 Å². The smallest absolute Gasteiger partial charge is 0.237 e. The number of benzene rings is 2.